The van der Waals surface area contributed by atoms with E-state index in [1.54, 1.807) is 0 Å². The minimum Gasteiger partial charge on any atom is -0.394 e. The summed E-state index contributed by atoms with van der Waals surface area (Å²) in [5.74, 6) is 0. The van der Waals surface area contributed by atoms with E-state index in [0.717, 1.165) is 13.0 Å². The monoisotopic (exact) mass is 187 g/mol. The van der Waals surface area contributed by atoms with Crippen LogP contribution in [0.5, 0.6) is 0 Å². The van der Waals surface area contributed by atoms with Gasteiger partial charge in [0.1, 0.15) is 0 Å². The third-order valence-electron chi connectivity index (χ3n) is 2.20. The molecule has 3 N–H and O–H groups in total. The molecule has 0 aromatic heterocycles. The Hall–Kier alpha value is -0.810. The van der Waals surface area contributed by atoms with Crippen LogP contribution in [-0.4, -0.2) is 55.4 Å². The summed E-state index contributed by atoms with van der Waals surface area (Å²) in [5.41, 5.74) is 0. The molecule has 1 aliphatic heterocycles. The highest BCUT2D eigenvalue weighted by atomic mass is 16.3. The van der Waals surface area contributed by atoms with Gasteiger partial charge in [-0.1, -0.05) is 0 Å². The van der Waals surface area contributed by atoms with Crippen LogP contribution in [0.15, 0.2) is 0 Å². The summed E-state index contributed by atoms with van der Waals surface area (Å²) in [4.78, 5) is 13.0. The van der Waals surface area contributed by atoms with Gasteiger partial charge in [-0.25, -0.2) is 4.79 Å². The lowest BCUT2D eigenvalue weighted by atomic mass is 10.1. The molecule has 2 amide bonds. The summed E-state index contributed by atoms with van der Waals surface area (Å²) in [6.45, 7) is 0.903. The maximum atomic E-state index is 10.9. The van der Waals surface area contributed by atoms with E-state index in [-0.39, 0.29) is 24.7 Å². The molecule has 0 saturated carbocycles. The molecule has 13 heavy (non-hydrogen) atoms. The average molecular weight is 187 g/mol. The second-order valence-corrected chi connectivity index (χ2v) is 3.61. The van der Waals surface area contributed by atoms with E-state index in [1.807, 2.05) is 14.1 Å². The number of carbonyl (C=O) groups is 1. The van der Waals surface area contributed by atoms with Crippen molar-refractivity contribution in [3.8, 4) is 0 Å². The Bertz CT molecular complexity index is 184. The van der Waals surface area contributed by atoms with Gasteiger partial charge in [0.25, 0.3) is 0 Å². The largest absolute Gasteiger partial charge is 0.394 e. The van der Waals surface area contributed by atoms with Crippen molar-refractivity contribution in [1.82, 2.24) is 15.5 Å². The van der Waals surface area contributed by atoms with Crippen molar-refractivity contribution < 1.29 is 9.90 Å². The number of nitrogens with one attached hydrogen (secondary N) is 2. The Labute approximate surface area is 78.1 Å². The number of urea groups is 1. The van der Waals surface area contributed by atoms with Crippen LogP contribution < -0.4 is 10.6 Å². The molecule has 1 rings (SSSR count). The molecule has 0 aliphatic carbocycles. The number of aliphatic hydroxyl groups is 1. The molecular formula is C8H17N3O2. The zero-order valence-corrected chi connectivity index (χ0v) is 8.08. The van der Waals surface area contributed by atoms with Crippen LogP contribution in [0.2, 0.25) is 0 Å². The van der Waals surface area contributed by atoms with Gasteiger partial charge >= 0.3 is 6.03 Å². The highest BCUT2D eigenvalue weighted by Crippen LogP contribution is 2.05. The summed E-state index contributed by atoms with van der Waals surface area (Å²) in [7, 11) is 3.97. The van der Waals surface area contributed by atoms with Gasteiger partial charge in [0.15, 0.2) is 0 Å². The Morgan fingerprint density at radius 3 is 2.54 bits per heavy atom. The second kappa shape index (κ2) is 4.43. The molecule has 0 aromatic rings. The molecule has 2 unspecified atom stereocenters. The second-order valence-electron chi connectivity index (χ2n) is 3.61. The summed E-state index contributed by atoms with van der Waals surface area (Å²) >= 11 is 0. The van der Waals surface area contributed by atoms with Crippen LogP contribution in [0.25, 0.3) is 0 Å². The van der Waals surface area contributed by atoms with Gasteiger partial charge in [-0.3, -0.25) is 0 Å². The molecule has 1 saturated heterocycles. The van der Waals surface area contributed by atoms with E-state index in [4.69, 9.17) is 5.11 Å². The fourth-order valence-electron chi connectivity index (χ4n) is 1.42. The van der Waals surface area contributed by atoms with Gasteiger partial charge in [-0.05, 0) is 27.1 Å². The van der Waals surface area contributed by atoms with Crippen molar-refractivity contribution >= 4 is 6.03 Å². The summed E-state index contributed by atoms with van der Waals surface area (Å²) in [6, 6.07) is -0.254. The molecule has 0 spiro atoms. The van der Waals surface area contributed by atoms with E-state index in [9.17, 15) is 4.79 Å². The Morgan fingerprint density at radius 2 is 2.00 bits per heavy atom. The minimum atomic E-state index is -0.178. The number of aliphatic hydroxyl groups excluding tert-OH is 1. The highest BCUT2D eigenvalue weighted by molar-refractivity contribution is 5.77. The molecule has 1 fully saturated rings. The van der Waals surface area contributed by atoms with Gasteiger partial charge in [0.2, 0.25) is 0 Å². The van der Waals surface area contributed by atoms with E-state index < -0.39 is 0 Å². The Balaban J connectivity index is 2.35. The summed E-state index contributed by atoms with van der Waals surface area (Å²) in [5, 5.41) is 14.4. The SMILES string of the molecule is CN(C)CCC1NC(=O)NC1CO. The molecule has 5 heteroatoms. The van der Waals surface area contributed by atoms with Gasteiger partial charge in [0.05, 0.1) is 18.7 Å². The van der Waals surface area contributed by atoms with Gasteiger partial charge in [-0.15, -0.1) is 0 Å². The molecule has 0 aromatic carbocycles. The standard InChI is InChI=1S/C8H17N3O2/c1-11(2)4-3-6-7(5-12)10-8(13)9-6/h6-7,12H,3-5H2,1-2H3,(H2,9,10,13). The predicted octanol–water partition coefficient (Wildman–Crippen LogP) is -1.02. The van der Waals surface area contributed by atoms with Gasteiger partial charge in [0, 0.05) is 0 Å². The quantitative estimate of drug-likeness (QED) is 0.528. The van der Waals surface area contributed by atoms with Crippen LogP contribution in [0.1, 0.15) is 6.42 Å². The molecule has 2 atom stereocenters. The van der Waals surface area contributed by atoms with Crippen molar-refractivity contribution in [2.75, 3.05) is 27.2 Å². The molecule has 0 bridgehead atoms. The first-order valence-electron chi connectivity index (χ1n) is 4.46. The van der Waals surface area contributed by atoms with Crippen LogP contribution >= 0.6 is 0 Å². The van der Waals surface area contributed by atoms with Crippen LogP contribution in [0, 0.1) is 0 Å². The highest BCUT2D eigenvalue weighted by Gasteiger charge is 2.30. The number of hydrogen-bond acceptors (Lipinski definition) is 3. The number of rotatable bonds is 4. The van der Waals surface area contributed by atoms with Crippen molar-refractivity contribution in [3.63, 3.8) is 0 Å². The first-order chi connectivity index (χ1) is 6.13. The Morgan fingerprint density at radius 1 is 1.38 bits per heavy atom. The van der Waals surface area contributed by atoms with E-state index in [2.05, 4.69) is 15.5 Å². The maximum absolute atomic E-state index is 10.9. The molecule has 1 heterocycles. The van der Waals surface area contributed by atoms with Crippen molar-refractivity contribution in [2.45, 2.75) is 18.5 Å². The van der Waals surface area contributed by atoms with Gasteiger partial charge in [-0.2, -0.15) is 0 Å². The molecular weight excluding hydrogens is 170 g/mol. The number of carbonyl (C=O) groups excluding carboxylic acids is 1. The minimum absolute atomic E-state index is 0.00314. The van der Waals surface area contributed by atoms with Crippen LogP contribution in [-0.2, 0) is 0 Å². The average Bonchev–Trinajstić information content (AvgIpc) is 2.42. The lowest BCUT2D eigenvalue weighted by Crippen LogP contribution is -2.38. The molecule has 76 valence electrons. The van der Waals surface area contributed by atoms with E-state index >= 15 is 0 Å². The van der Waals surface area contributed by atoms with Crippen molar-refractivity contribution in [3.05, 3.63) is 0 Å². The fraction of sp³-hybridized carbons (Fsp3) is 0.875. The van der Waals surface area contributed by atoms with Crippen LogP contribution in [0.4, 0.5) is 4.79 Å². The topological polar surface area (TPSA) is 64.6 Å². The van der Waals surface area contributed by atoms with Crippen molar-refractivity contribution in [1.29, 1.82) is 0 Å². The smallest absolute Gasteiger partial charge is 0.315 e. The normalized spacial score (nSPS) is 27.5. The van der Waals surface area contributed by atoms with Gasteiger partial charge < -0.3 is 20.6 Å². The van der Waals surface area contributed by atoms with Crippen molar-refractivity contribution in [2.24, 2.45) is 0 Å². The third-order valence-corrected chi connectivity index (χ3v) is 2.20. The zero-order chi connectivity index (χ0) is 9.84. The fourth-order valence-corrected chi connectivity index (χ4v) is 1.42. The maximum Gasteiger partial charge on any atom is 0.315 e. The number of amides is 2. The molecule has 1 aliphatic rings. The number of hydrogen-bond donors (Lipinski definition) is 3. The first-order valence-corrected chi connectivity index (χ1v) is 4.46. The zero-order valence-electron chi connectivity index (χ0n) is 8.08. The lowest BCUT2D eigenvalue weighted by molar-refractivity contribution is 0.230. The lowest BCUT2D eigenvalue weighted by Gasteiger charge is -2.18. The van der Waals surface area contributed by atoms with E-state index in [1.165, 1.54) is 0 Å². The summed E-state index contributed by atoms with van der Waals surface area (Å²) < 4.78 is 0. The molecule has 5 nitrogen and oxygen atoms in total. The molecule has 0 radical (unpaired) electrons. The summed E-state index contributed by atoms with van der Waals surface area (Å²) in [6.07, 6.45) is 0.858. The number of nitrogens with zero attached hydrogens (tertiary/aromatic N) is 1. The predicted molar refractivity (Wildman–Crippen MR) is 49.5 cm³/mol. The first kappa shape index (κ1) is 10.3. The Kier molecular flexibility index (Phi) is 3.50. The van der Waals surface area contributed by atoms with E-state index in [0.29, 0.717) is 0 Å². The third kappa shape index (κ3) is 2.86. The van der Waals surface area contributed by atoms with Crippen LogP contribution in [0.3, 0.4) is 0 Å².